The first-order valence-electron chi connectivity index (χ1n) is 4.60. The zero-order valence-electron chi connectivity index (χ0n) is 7.96. The molecule has 0 bridgehead atoms. The highest BCUT2D eigenvalue weighted by Crippen LogP contribution is 2.29. The van der Waals surface area contributed by atoms with E-state index in [4.69, 9.17) is 9.47 Å². The molecule has 0 radical (unpaired) electrons. The molecule has 1 saturated heterocycles. The number of nitro groups is 1. The molecule has 0 amide bonds. The Bertz CT molecular complexity index is 363. The molecule has 0 aliphatic carbocycles. The van der Waals surface area contributed by atoms with Crippen molar-refractivity contribution in [1.29, 1.82) is 0 Å². The smallest absolute Gasteiger partial charge is 0.295 e. The molecule has 1 fully saturated rings. The normalized spacial score (nSPS) is 17.6. The van der Waals surface area contributed by atoms with Gasteiger partial charge in [-0.25, -0.2) is 0 Å². The van der Waals surface area contributed by atoms with E-state index in [-0.39, 0.29) is 5.69 Å². The number of hydrogen-bond donors (Lipinski definition) is 0. The molecule has 6 nitrogen and oxygen atoms in total. The molecule has 6 heteroatoms. The molecule has 80 valence electrons. The largest absolute Gasteiger partial charge is 0.348 e. The predicted molar refractivity (Wildman–Crippen MR) is 50.2 cm³/mol. The molecule has 0 unspecified atom stereocenters. The molecule has 0 aromatic carbocycles. The monoisotopic (exact) mass is 210 g/mol. The Hall–Kier alpha value is -1.53. The molecule has 0 saturated carbocycles. The standard InChI is InChI=1S/C9H10N2O4/c12-11(13)8-6-10-3-2-7(8)9-14-4-1-5-15-9/h2-3,6,9H,1,4-5H2. The number of rotatable bonds is 2. The van der Waals surface area contributed by atoms with E-state index in [1.165, 1.54) is 12.4 Å². The average Bonchev–Trinajstić information content (AvgIpc) is 2.30. The van der Waals surface area contributed by atoms with Crippen LogP contribution in [0.15, 0.2) is 18.5 Å². The van der Waals surface area contributed by atoms with Gasteiger partial charge in [0.15, 0.2) is 6.29 Å². The molecule has 2 heterocycles. The van der Waals surface area contributed by atoms with Crippen LogP contribution in [0.2, 0.25) is 0 Å². The Kier molecular flexibility index (Phi) is 2.89. The quantitative estimate of drug-likeness (QED) is 0.545. The van der Waals surface area contributed by atoms with Crippen molar-refractivity contribution >= 4 is 5.69 Å². The maximum absolute atomic E-state index is 10.7. The maximum atomic E-state index is 10.7. The average molecular weight is 210 g/mol. The molecular formula is C9H10N2O4. The topological polar surface area (TPSA) is 74.5 Å². The molecule has 0 N–H and O–H groups in total. The fraction of sp³-hybridized carbons (Fsp3) is 0.444. The summed E-state index contributed by atoms with van der Waals surface area (Å²) < 4.78 is 10.6. The number of ether oxygens (including phenoxy) is 2. The highest BCUT2D eigenvalue weighted by Gasteiger charge is 2.25. The van der Waals surface area contributed by atoms with E-state index in [1.54, 1.807) is 6.07 Å². The van der Waals surface area contributed by atoms with Gasteiger partial charge >= 0.3 is 0 Å². The number of nitrogens with zero attached hydrogens (tertiary/aromatic N) is 2. The summed E-state index contributed by atoms with van der Waals surface area (Å²) in [6.45, 7) is 1.12. The van der Waals surface area contributed by atoms with Crippen molar-refractivity contribution in [2.75, 3.05) is 13.2 Å². The van der Waals surface area contributed by atoms with Gasteiger partial charge in [0.2, 0.25) is 0 Å². The lowest BCUT2D eigenvalue weighted by atomic mass is 10.2. The van der Waals surface area contributed by atoms with Crippen molar-refractivity contribution < 1.29 is 14.4 Å². The number of aromatic nitrogens is 1. The first-order chi connectivity index (χ1) is 7.29. The molecular weight excluding hydrogens is 200 g/mol. The minimum atomic E-state index is -0.637. The van der Waals surface area contributed by atoms with Crippen molar-refractivity contribution in [3.63, 3.8) is 0 Å². The third-order valence-corrected chi connectivity index (χ3v) is 2.11. The van der Waals surface area contributed by atoms with Crippen LogP contribution in [0.3, 0.4) is 0 Å². The van der Waals surface area contributed by atoms with Gasteiger partial charge in [0.05, 0.1) is 23.7 Å². The van der Waals surface area contributed by atoms with Crippen molar-refractivity contribution in [3.05, 3.63) is 34.1 Å². The minimum absolute atomic E-state index is 0.0654. The lowest BCUT2D eigenvalue weighted by Gasteiger charge is -2.22. The van der Waals surface area contributed by atoms with Crippen molar-refractivity contribution in [2.24, 2.45) is 0 Å². The van der Waals surface area contributed by atoms with E-state index < -0.39 is 11.2 Å². The van der Waals surface area contributed by atoms with Crippen LogP contribution in [-0.2, 0) is 9.47 Å². The zero-order valence-corrected chi connectivity index (χ0v) is 7.96. The summed E-state index contributed by atoms with van der Waals surface area (Å²) in [4.78, 5) is 13.9. The maximum Gasteiger partial charge on any atom is 0.295 e. The van der Waals surface area contributed by atoms with Crippen LogP contribution in [0.25, 0.3) is 0 Å². The van der Waals surface area contributed by atoms with E-state index in [2.05, 4.69) is 4.98 Å². The second kappa shape index (κ2) is 4.33. The summed E-state index contributed by atoms with van der Waals surface area (Å²) >= 11 is 0. The van der Waals surface area contributed by atoms with Gasteiger partial charge in [-0.2, -0.15) is 0 Å². The van der Waals surface area contributed by atoms with Crippen LogP contribution in [0.5, 0.6) is 0 Å². The Balaban J connectivity index is 2.29. The van der Waals surface area contributed by atoms with Gasteiger partial charge in [-0.15, -0.1) is 0 Å². The molecule has 0 spiro atoms. The minimum Gasteiger partial charge on any atom is -0.348 e. The van der Waals surface area contributed by atoms with Crippen LogP contribution in [0, 0.1) is 10.1 Å². The van der Waals surface area contributed by atoms with Gasteiger partial charge in [-0.1, -0.05) is 0 Å². The Morgan fingerprint density at radius 2 is 2.20 bits per heavy atom. The summed E-state index contributed by atoms with van der Waals surface area (Å²) in [5, 5.41) is 10.7. The van der Waals surface area contributed by atoms with Crippen molar-refractivity contribution in [1.82, 2.24) is 4.98 Å². The van der Waals surface area contributed by atoms with Crippen LogP contribution in [-0.4, -0.2) is 23.1 Å². The Morgan fingerprint density at radius 1 is 1.47 bits per heavy atom. The van der Waals surface area contributed by atoms with Crippen LogP contribution >= 0.6 is 0 Å². The van der Waals surface area contributed by atoms with Gasteiger partial charge in [0.1, 0.15) is 6.20 Å². The summed E-state index contributed by atoms with van der Waals surface area (Å²) in [5.41, 5.74) is 0.360. The van der Waals surface area contributed by atoms with E-state index in [0.29, 0.717) is 18.8 Å². The first kappa shape index (κ1) is 10.0. The molecule has 1 aromatic rings. The highest BCUT2D eigenvalue weighted by atomic mass is 16.7. The van der Waals surface area contributed by atoms with E-state index >= 15 is 0 Å². The third-order valence-electron chi connectivity index (χ3n) is 2.11. The van der Waals surface area contributed by atoms with Crippen LogP contribution in [0.1, 0.15) is 18.3 Å². The zero-order chi connectivity index (χ0) is 10.7. The van der Waals surface area contributed by atoms with Gasteiger partial charge in [0.25, 0.3) is 5.69 Å². The van der Waals surface area contributed by atoms with E-state index in [1.807, 2.05) is 0 Å². The number of pyridine rings is 1. The lowest BCUT2D eigenvalue weighted by Crippen LogP contribution is -2.18. The predicted octanol–water partition coefficient (Wildman–Crippen LogP) is 1.43. The summed E-state index contributed by atoms with van der Waals surface area (Å²) in [7, 11) is 0. The fourth-order valence-corrected chi connectivity index (χ4v) is 1.42. The molecule has 0 atom stereocenters. The number of hydrogen-bond acceptors (Lipinski definition) is 5. The van der Waals surface area contributed by atoms with Gasteiger partial charge in [0, 0.05) is 6.20 Å². The second-order valence-corrected chi connectivity index (χ2v) is 3.12. The molecule has 15 heavy (non-hydrogen) atoms. The van der Waals surface area contributed by atoms with Crippen LogP contribution < -0.4 is 0 Å². The molecule has 1 aliphatic rings. The summed E-state index contributed by atoms with van der Waals surface area (Å²) in [5.74, 6) is 0. The SMILES string of the molecule is O=[N+]([O-])c1cnccc1C1OCCCO1. The van der Waals surface area contributed by atoms with Gasteiger partial charge in [-0.05, 0) is 12.5 Å². The van der Waals surface area contributed by atoms with Crippen molar-refractivity contribution in [2.45, 2.75) is 12.7 Å². The lowest BCUT2D eigenvalue weighted by molar-refractivity contribution is -0.387. The molecule has 1 aliphatic heterocycles. The highest BCUT2D eigenvalue weighted by molar-refractivity contribution is 5.37. The Labute approximate surface area is 86.0 Å². The Morgan fingerprint density at radius 3 is 2.87 bits per heavy atom. The van der Waals surface area contributed by atoms with Crippen molar-refractivity contribution in [3.8, 4) is 0 Å². The fourth-order valence-electron chi connectivity index (χ4n) is 1.42. The van der Waals surface area contributed by atoms with E-state index in [9.17, 15) is 10.1 Å². The van der Waals surface area contributed by atoms with Crippen LogP contribution in [0.4, 0.5) is 5.69 Å². The van der Waals surface area contributed by atoms with Gasteiger partial charge in [-0.3, -0.25) is 15.1 Å². The molecule has 1 aromatic heterocycles. The third kappa shape index (κ3) is 2.11. The van der Waals surface area contributed by atoms with E-state index in [0.717, 1.165) is 6.42 Å². The second-order valence-electron chi connectivity index (χ2n) is 3.12. The summed E-state index contributed by atoms with van der Waals surface area (Å²) in [6.07, 6.45) is 2.87. The first-order valence-corrected chi connectivity index (χ1v) is 4.60. The van der Waals surface area contributed by atoms with Gasteiger partial charge < -0.3 is 9.47 Å². The molecule has 2 rings (SSSR count). The summed E-state index contributed by atoms with van der Waals surface area (Å²) in [6, 6.07) is 1.55.